The second kappa shape index (κ2) is 15.7. The summed E-state index contributed by atoms with van der Waals surface area (Å²) in [6, 6.07) is 0. The van der Waals surface area contributed by atoms with Crippen molar-refractivity contribution in [3.8, 4) is 0 Å². The molecule has 0 aromatic heterocycles. The Morgan fingerprint density at radius 3 is 1.38 bits per heavy atom. The van der Waals surface area contributed by atoms with Crippen LogP contribution in [0.2, 0.25) is 0 Å². The predicted octanol–water partition coefficient (Wildman–Crippen LogP) is 7.43. The lowest BCUT2D eigenvalue weighted by Crippen LogP contribution is -2.36. The molecule has 0 saturated carbocycles. The first-order valence-corrected chi connectivity index (χ1v) is 11.6. The number of nitrogens with zero attached hydrogens (tertiary/aromatic N) is 1. The Morgan fingerprint density at radius 2 is 1.04 bits per heavy atom. The molecule has 0 rings (SSSR count). The third-order valence-corrected chi connectivity index (χ3v) is 6.03. The molecule has 144 valence electrons. The summed E-state index contributed by atoms with van der Waals surface area (Å²) in [5, 5.41) is 0. The number of unbranched alkanes of at least 4 members (excludes halogenated alkanes) is 13. The Labute approximate surface area is 167 Å². The minimum absolute atomic E-state index is 0.0946. The van der Waals surface area contributed by atoms with E-state index in [9.17, 15) is 4.79 Å². The Balaban J connectivity index is 3.33. The second-order valence-electron chi connectivity index (χ2n) is 7.25. The molecule has 0 heterocycles. The van der Waals surface area contributed by atoms with E-state index in [0.29, 0.717) is 0 Å². The van der Waals surface area contributed by atoms with Gasteiger partial charge in [0.15, 0.2) is 3.23 Å². The van der Waals surface area contributed by atoms with Crippen LogP contribution in [0.4, 0.5) is 0 Å². The number of carbonyl (C=O) groups is 1. The SMILES string of the molecule is CCCCCCCCCCCCCCCCC(Br)(Br)C(=O)N(C)C. The van der Waals surface area contributed by atoms with Gasteiger partial charge in [0.1, 0.15) is 0 Å². The monoisotopic (exact) mass is 467 g/mol. The normalized spacial score (nSPS) is 11.7. The predicted molar refractivity (Wildman–Crippen MR) is 114 cm³/mol. The molecule has 0 unspecified atom stereocenters. The van der Waals surface area contributed by atoms with E-state index in [-0.39, 0.29) is 5.91 Å². The first-order chi connectivity index (χ1) is 11.4. The zero-order valence-corrected chi connectivity index (χ0v) is 19.4. The van der Waals surface area contributed by atoms with Gasteiger partial charge in [0.05, 0.1) is 0 Å². The van der Waals surface area contributed by atoms with E-state index in [0.717, 1.165) is 12.8 Å². The van der Waals surface area contributed by atoms with E-state index in [1.54, 1.807) is 19.0 Å². The van der Waals surface area contributed by atoms with Crippen LogP contribution in [0.15, 0.2) is 0 Å². The molecule has 0 aromatic carbocycles. The van der Waals surface area contributed by atoms with Crippen LogP contribution < -0.4 is 0 Å². The average Bonchev–Trinajstić information content (AvgIpc) is 2.54. The Hall–Kier alpha value is 0.430. The number of carbonyl (C=O) groups excluding carboxylic acids is 1. The lowest BCUT2D eigenvalue weighted by Gasteiger charge is -2.23. The van der Waals surface area contributed by atoms with Gasteiger partial charge in [-0.1, -0.05) is 129 Å². The molecule has 0 aromatic rings. The Kier molecular flexibility index (Phi) is 15.9. The van der Waals surface area contributed by atoms with Gasteiger partial charge in [-0.15, -0.1) is 0 Å². The first kappa shape index (κ1) is 24.4. The average molecular weight is 469 g/mol. The van der Waals surface area contributed by atoms with E-state index in [1.807, 2.05) is 0 Å². The molecule has 4 heteroatoms. The number of halogens is 2. The summed E-state index contributed by atoms with van der Waals surface area (Å²) in [4.78, 5) is 13.6. The third kappa shape index (κ3) is 13.7. The van der Waals surface area contributed by atoms with Crippen molar-refractivity contribution in [3.05, 3.63) is 0 Å². The van der Waals surface area contributed by atoms with Crippen molar-refractivity contribution in [1.29, 1.82) is 0 Å². The number of hydrogen-bond acceptors (Lipinski definition) is 1. The minimum Gasteiger partial charge on any atom is -0.347 e. The summed E-state index contributed by atoms with van der Waals surface area (Å²) in [6.07, 6.45) is 19.9. The molecule has 0 saturated heterocycles. The highest BCUT2D eigenvalue weighted by Gasteiger charge is 2.32. The van der Waals surface area contributed by atoms with Crippen molar-refractivity contribution in [2.24, 2.45) is 0 Å². The van der Waals surface area contributed by atoms with Crippen LogP contribution in [0.1, 0.15) is 103 Å². The van der Waals surface area contributed by atoms with E-state index in [1.165, 1.54) is 83.5 Å². The Morgan fingerprint density at radius 1 is 0.708 bits per heavy atom. The van der Waals surface area contributed by atoms with E-state index in [4.69, 9.17) is 0 Å². The number of rotatable bonds is 16. The largest absolute Gasteiger partial charge is 0.347 e. The third-order valence-electron chi connectivity index (χ3n) is 4.56. The van der Waals surface area contributed by atoms with E-state index in [2.05, 4.69) is 38.8 Å². The number of hydrogen-bond donors (Lipinski definition) is 0. The standard InChI is InChI=1S/C20H39Br2NO/c1-4-5-6-7-8-9-10-11-12-13-14-15-16-17-18-20(21,22)19(24)23(2)3/h4-18H2,1-3H3. The number of amides is 1. The lowest BCUT2D eigenvalue weighted by atomic mass is 10.0. The van der Waals surface area contributed by atoms with Gasteiger partial charge in [-0.25, -0.2) is 0 Å². The summed E-state index contributed by atoms with van der Waals surface area (Å²) in [5.74, 6) is 0.0946. The molecule has 0 aliphatic heterocycles. The molecule has 0 N–H and O–H groups in total. The van der Waals surface area contributed by atoms with Gasteiger partial charge in [-0.3, -0.25) is 4.79 Å². The highest BCUT2D eigenvalue weighted by atomic mass is 79.9. The topological polar surface area (TPSA) is 20.3 Å². The molecule has 2 nitrogen and oxygen atoms in total. The van der Waals surface area contributed by atoms with Gasteiger partial charge in [0.25, 0.3) is 0 Å². The molecular formula is C20H39Br2NO. The molecule has 0 bridgehead atoms. The highest BCUT2D eigenvalue weighted by Crippen LogP contribution is 2.34. The fourth-order valence-electron chi connectivity index (χ4n) is 2.98. The molecule has 0 atom stereocenters. The zero-order chi connectivity index (χ0) is 18.3. The van der Waals surface area contributed by atoms with Crippen LogP contribution in [0.5, 0.6) is 0 Å². The van der Waals surface area contributed by atoms with Crippen LogP contribution in [0, 0.1) is 0 Å². The van der Waals surface area contributed by atoms with Gasteiger partial charge < -0.3 is 4.90 Å². The van der Waals surface area contributed by atoms with Crippen LogP contribution in [0.25, 0.3) is 0 Å². The van der Waals surface area contributed by atoms with E-state index < -0.39 is 3.23 Å². The molecular weight excluding hydrogens is 430 g/mol. The second-order valence-corrected chi connectivity index (χ2v) is 11.0. The maximum Gasteiger partial charge on any atom is 0.249 e. The molecule has 0 aliphatic rings. The maximum absolute atomic E-state index is 12.0. The summed E-state index contributed by atoms with van der Waals surface area (Å²) in [6.45, 7) is 2.28. The molecule has 0 radical (unpaired) electrons. The van der Waals surface area contributed by atoms with Crippen LogP contribution in [-0.2, 0) is 4.79 Å². The number of alkyl halides is 2. The molecule has 24 heavy (non-hydrogen) atoms. The smallest absolute Gasteiger partial charge is 0.249 e. The molecule has 0 fully saturated rings. The maximum atomic E-state index is 12.0. The summed E-state index contributed by atoms with van der Waals surface area (Å²) in [5.41, 5.74) is 0. The summed E-state index contributed by atoms with van der Waals surface area (Å²) in [7, 11) is 3.59. The lowest BCUT2D eigenvalue weighted by molar-refractivity contribution is -0.128. The van der Waals surface area contributed by atoms with Gasteiger partial charge in [0.2, 0.25) is 5.91 Å². The van der Waals surface area contributed by atoms with Gasteiger partial charge in [-0.2, -0.15) is 0 Å². The van der Waals surface area contributed by atoms with Crippen molar-refractivity contribution in [2.75, 3.05) is 14.1 Å². The fraction of sp³-hybridized carbons (Fsp3) is 0.950. The van der Waals surface area contributed by atoms with Gasteiger partial charge >= 0.3 is 0 Å². The van der Waals surface area contributed by atoms with Gasteiger partial charge in [0, 0.05) is 14.1 Å². The van der Waals surface area contributed by atoms with Crippen molar-refractivity contribution >= 4 is 37.8 Å². The van der Waals surface area contributed by atoms with Crippen molar-refractivity contribution in [2.45, 2.75) is 106 Å². The van der Waals surface area contributed by atoms with Gasteiger partial charge in [-0.05, 0) is 6.42 Å². The minimum atomic E-state index is -0.569. The van der Waals surface area contributed by atoms with Crippen molar-refractivity contribution in [1.82, 2.24) is 4.90 Å². The van der Waals surface area contributed by atoms with Crippen LogP contribution in [0.3, 0.4) is 0 Å². The van der Waals surface area contributed by atoms with Crippen LogP contribution in [-0.4, -0.2) is 28.1 Å². The quantitative estimate of drug-likeness (QED) is 0.170. The highest BCUT2D eigenvalue weighted by molar-refractivity contribution is 9.25. The first-order valence-electron chi connectivity index (χ1n) is 10.0. The van der Waals surface area contributed by atoms with E-state index >= 15 is 0 Å². The summed E-state index contributed by atoms with van der Waals surface area (Å²) >= 11 is 7.02. The molecule has 0 spiro atoms. The fourth-order valence-corrected chi connectivity index (χ4v) is 4.25. The molecule has 1 amide bonds. The summed E-state index contributed by atoms with van der Waals surface area (Å²) < 4.78 is -0.569. The van der Waals surface area contributed by atoms with Crippen molar-refractivity contribution in [3.63, 3.8) is 0 Å². The van der Waals surface area contributed by atoms with Crippen molar-refractivity contribution < 1.29 is 4.79 Å². The Bertz CT molecular complexity index is 306. The zero-order valence-electron chi connectivity index (χ0n) is 16.2. The van der Waals surface area contributed by atoms with Crippen LogP contribution >= 0.6 is 31.9 Å². The molecule has 0 aliphatic carbocycles.